The van der Waals surface area contributed by atoms with E-state index >= 15 is 0 Å². The zero-order chi connectivity index (χ0) is 13.0. The summed E-state index contributed by atoms with van der Waals surface area (Å²) in [7, 11) is 3.25. The van der Waals surface area contributed by atoms with Gasteiger partial charge in [0, 0.05) is 0 Å². The highest BCUT2D eigenvalue weighted by Gasteiger charge is 2.17. The van der Waals surface area contributed by atoms with Crippen LogP contribution in [-0.2, 0) is 0 Å². The number of carbonyl (C=O) groups excluding carboxylic acids is 1. The summed E-state index contributed by atoms with van der Waals surface area (Å²) in [6.45, 7) is 4.39. The molecule has 0 radical (unpaired) electrons. The molecule has 0 atom stereocenters. The second-order valence-corrected chi connectivity index (χ2v) is 4.60. The second-order valence-electron chi connectivity index (χ2n) is 4.19. The van der Waals surface area contributed by atoms with Gasteiger partial charge in [-0.2, -0.15) is 0 Å². The Bertz CT molecular complexity index is 416. The van der Waals surface area contributed by atoms with Gasteiger partial charge in [0.15, 0.2) is 5.78 Å². The summed E-state index contributed by atoms with van der Waals surface area (Å²) in [5, 5.41) is 3.32. The van der Waals surface area contributed by atoms with Crippen LogP contribution in [0.3, 0.4) is 0 Å². The summed E-state index contributed by atoms with van der Waals surface area (Å²) in [4.78, 5) is 12.0. The van der Waals surface area contributed by atoms with Crippen LogP contribution in [0.1, 0.15) is 35.7 Å². The van der Waals surface area contributed by atoms with Crippen molar-refractivity contribution < 1.29 is 9.53 Å². The number of hydrogen-bond donors (Lipinski definition) is 1. The van der Waals surface area contributed by atoms with Gasteiger partial charge in [-0.25, -0.2) is 0 Å². The largest absolute Gasteiger partial charge is 0.494 e. The van der Waals surface area contributed by atoms with Gasteiger partial charge in [0.2, 0.25) is 0 Å². The Morgan fingerprint density at radius 3 is 2.59 bits per heavy atom. The van der Waals surface area contributed by atoms with E-state index in [9.17, 15) is 4.79 Å². The van der Waals surface area contributed by atoms with E-state index in [4.69, 9.17) is 16.3 Å². The van der Waals surface area contributed by atoms with Crippen molar-refractivity contribution >= 4 is 17.4 Å². The molecular formula is C13H18ClNO2. The Labute approximate surface area is 107 Å². The minimum Gasteiger partial charge on any atom is -0.494 e. The zero-order valence-electron chi connectivity index (χ0n) is 10.6. The third kappa shape index (κ3) is 3.20. The number of halogens is 1. The number of likely N-dealkylation sites (N-methyl/N-ethyl adjacent to an activating group) is 1. The molecule has 17 heavy (non-hydrogen) atoms. The van der Waals surface area contributed by atoms with Gasteiger partial charge < -0.3 is 10.1 Å². The maximum Gasteiger partial charge on any atom is 0.180 e. The summed E-state index contributed by atoms with van der Waals surface area (Å²) in [6, 6.07) is 3.70. The Kier molecular flexibility index (Phi) is 4.97. The zero-order valence-corrected chi connectivity index (χ0v) is 11.4. The van der Waals surface area contributed by atoms with E-state index in [1.54, 1.807) is 7.05 Å². The van der Waals surface area contributed by atoms with Gasteiger partial charge in [-0.1, -0.05) is 25.4 Å². The monoisotopic (exact) mass is 255 g/mol. The first-order valence-electron chi connectivity index (χ1n) is 5.56. The van der Waals surface area contributed by atoms with Crippen molar-refractivity contribution in [2.75, 3.05) is 20.7 Å². The van der Waals surface area contributed by atoms with Crippen molar-refractivity contribution in [3.05, 3.63) is 28.3 Å². The van der Waals surface area contributed by atoms with Gasteiger partial charge in [0.1, 0.15) is 5.75 Å². The lowest BCUT2D eigenvalue weighted by Gasteiger charge is -2.14. The Morgan fingerprint density at radius 2 is 2.12 bits per heavy atom. The molecule has 0 aliphatic rings. The second kappa shape index (κ2) is 6.03. The fraction of sp³-hybridized carbons (Fsp3) is 0.462. The SMILES string of the molecule is CNCC(=O)c1cc(C(C)C)cc(Cl)c1OC. The topological polar surface area (TPSA) is 38.3 Å². The lowest BCUT2D eigenvalue weighted by molar-refractivity contribution is 0.0990. The van der Waals surface area contributed by atoms with Gasteiger partial charge in [-0.3, -0.25) is 4.79 Å². The molecule has 0 aliphatic heterocycles. The fourth-order valence-corrected chi connectivity index (χ4v) is 1.92. The maximum absolute atomic E-state index is 12.0. The molecule has 0 amide bonds. The van der Waals surface area contributed by atoms with Crippen LogP contribution < -0.4 is 10.1 Å². The molecule has 1 rings (SSSR count). The van der Waals surface area contributed by atoms with Gasteiger partial charge in [0.25, 0.3) is 0 Å². The predicted octanol–water partition coefficient (Wildman–Crippen LogP) is 2.87. The first-order valence-corrected chi connectivity index (χ1v) is 5.94. The van der Waals surface area contributed by atoms with E-state index in [2.05, 4.69) is 19.2 Å². The van der Waals surface area contributed by atoms with Crippen LogP contribution >= 0.6 is 11.6 Å². The van der Waals surface area contributed by atoms with Crippen molar-refractivity contribution in [1.82, 2.24) is 5.32 Å². The molecule has 0 bridgehead atoms. The van der Waals surface area contributed by atoms with E-state index in [0.717, 1.165) is 5.56 Å². The van der Waals surface area contributed by atoms with Crippen LogP contribution in [0, 0.1) is 0 Å². The van der Waals surface area contributed by atoms with Crippen molar-refractivity contribution in [3.8, 4) is 5.75 Å². The highest BCUT2D eigenvalue weighted by molar-refractivity contribution is 6.32. The van der Waals surface area contributed by atoms with Crippen LogP contribution in [0.15, 0.2) is 12.1 Å². The van der Waals surface area contributed by atoms with Crippen molar-refractivity contribution in [1.29, 1.82) is 0 Å². The molecule has 3 nitrogen and oxygen atoms in total. The first-order chi connectivity index (χ1) is 8.01. The minimum absolute atomic E-state index is 0.0197. The van der Waals surface area contributed by atoms with Crippen LogP contribution in [0.2, 0.25) is 5.02 Å². The molecule has 0 aliphatic carbocycles. The molecule has 1 aromatic carbocycles. The molecular weight excluding hydrogens is 238 g/mol. The normalized spacial score (nSPS) is 10.7. The van der Waals surface area contributed by atoms with Crippen LogP contribution in [0.5, 0.6) is 5.75 Å². The fourth-order valence-electron chi connectivity index (χ4n) is 1.62. The Hall–Kier alpha value is -1.06. The minimum atomic E-state index is -0.0197. The lowest BCUT2D eigenvalue weighted by atomic mass is 9.98. The molecule has 0 saturated carbocycles. The number of nitrogens with one attached hydrogen (secondary N) is 1. The first kappa shape index (κ1) is 14.0. The molecule has 4 heteroatoms. The highest BCUT2D eigenvalue weighted by Crippen LogP contribution is 2.32. The van der Waals surface area contributed by atoms with E-state index in [1.165, 1.54) is 7.11 Å². The van der Waals surface area contributed by atoms with Crippen molar-refractivity contribution in [2.24, 2.45) is 0 Å². The molecule has 1 aromatic rings. The Morgan fingerprint density at radius 1 is 1.47 bits per heavy atom. The maximum atomic E-state index is 12.0. The van der Waals surface area contributed by atoms with E-state index < -0.39 is 0 Å². The third-order valence-electron chi connectivity index (χ3n) is 2.57. The number of methoxy groups -OCH3 is 1. The molecule has 0 spiro atoms. The van der Waals surface area contributed by atoms with Crippen LogP contribution in [-0.4, -0.2) is 26.5 Å². The number of carbonyl (C=O) groups is 1. The number of ether oxygens (including phenoxy) is 1. The quantitative estimate of drug-likeness (QED) is 0.823. The molecule has 0 saturated heterocycles. The molecule has 1 N–H and O–H groups in total. The highest BCUT2D eigenvalue weighted by atomic mass is 35.5. The van der Waals surface area contributed by atoms with Crippen LogP contribution in [0.4, 0.5) is 0 Å². The van der Waals surface area contributed by atoms with Gasteiger partial charge in [-0.15, -0.1) is 0 Å². The third-order valence-corrected chi connectivity index (χ3v) is 2.86. The average molecular weight is 256 g/mol. The molecule has 94 valence electrons. The van der Waals surface area contributed by atoms with Gasteiger partial charge >= 0.3 is 0 Å². The molecule has 0 fully saturated rings. The van der Waals surface area contributed by atoms with Crippen molar-refractivity contribution in [3.63, 3.8) is 0 Å². The number of hydrogen-bond acceptors (Lipinski definition) is 3. The summed E-state index contributed by atoms with van der Waals surface area (Å²) >= 11 is 6.13. The number of rotatable bonds is 5. The standard InChI is InChI=1S/C13H18ClNO2/c1-8(2)9-5-10(12(16)7-15-3)13(17-4)11(14)6-9/h5-6,8,15H,7H2,1-4H3. The predicted molar refractivity (Wildman–Crippen MR) is 70.4 cm³/mol. The smallest absolute Gasteiger partial charge is 0.180 e. The number of ketones is 1. The summed E-state index contributed by atoms with van der Waals surface area (Å²) in [5.74, 6) is 0.754. The van der Waals surface area contributed by atoms with E-state index in [-0.39, 0.29) is 12.3 Å². The van der Waals surface area contributed by atoms with Crippen LogP contribution in [0.25, 0.3) is 0 Å². The van der Waals surface area contributed by atoms with Crippen molar-refractivity contribution in [2.45, 2.75) is 19.8 Å². The number of benzene rings is 1. The Balaban J connectivity index is 3.28. The van der Waals surface area contributed by atoms with Gasteiger partial charge in [0.05, 0.1) is 24.2 Å². The summed E-state index contributed by atoms with van der Waals surface area (Å²) in [5.41, 5.74) is 1.58. The summed E-state index contributed by atoms with van der Waals surface area (Å²) < 4.78 is 5.20. The number of Topliss-reactive ketones (excluding diaryl/α,β-unsaturated/α-hetero) is 1. The average Bonchev–Trinajstić information content (AvgIpc) is 2.28. The molecule has 0 heterocycles. The van der Waals surface area contributed by atoms with Gasteiger partial charge in [-0.05, 0) is 30.7 Å². The lowest BCUT2D eigenvalue weighted by Crippen LogP contribution is -2.19. The summed E-state index contributed by atoms with van der Waals surface area (Å²) in [6.07, 6.45) is 0. The van der Waals surface area contributed by atoms with E-state index in [1.807, 2.05) is 12.1 Å². The molecule has 0 unspecified atom stereocenters. The molecule has 0 aromatic heterocycles. The van der Waals surface area contributed by atoms with E-state index in [0.29, 0.717) is 22.3 Å².